The third-order valence-electron chi connectivity index (χ3n) is 4.47. The van der Waals surface area contributed by atoms with Crippen molar-refractivity contribution in [3.63, 3.8) is 0 Å². The lowest BCUT2D eigenvalue weighted by Gasteiger charge is -2.33. The van der Waals surface area contributed by atoms with E-state index in [1.165, 1.54) is 51.7 Å². The number of nitrogens with zero attached hydrogens (tertiary/aromatic N) is 4. The van der Waals surface area contributed by atoms with Crippen molar-refractivity contribution in [1.29, 1.82) is 5.26 Å². The Hall–Kier alpha value is -1.60. The molecule has 0 bridgehead atoms. The maximum atomic E-state index is 8.85. The van der Waals surface area contributed by atoms with Crippen LogP contribution in [0.1, 0.15) is 37.7 Å². The standard InChI is InChI=1S/C16H22N4/c17-11-14-6-7-16(18-12-14)20-10-4-5-15(20)13-19-8-2-1-3-9-19/h6-7,12,15H,1-5,8-10,13H2. The number of hydrogen-bond donors (Lipinski definition) is 0. The zero-order valence-electron chi connectivity index (χ0n) is 12.0. The second-order valence-corrected chi connectivity index (χ2v) is 5.87. The van der Waals surface area contributed by atoms with Gasteiger partial charge in [0.05, 0.1) is 5.56 Å². The summed E-state index contributed by atoms with van der Waals surface area (Å²) in [5.74, 6) is 1.03. The van der Waals surface area contributed by atoms with Gasteiger partial charge in [0.2, 0.25) is 0 Å². The highest BCUT2D eigenvalue weighted by atomic mass is 15.3. The minimum absolute atomic E-state index is 0.591. The van der Waals surface area contributed by atoms with Gasteiger partial charge in [0.15, 0.2) is 0 Å². The van der Waals surface area contributed by atoms with E-state index in [2.05, 4.69) is 20.9 Å². The number of aromatic nitrogens is 1. The largest absolute Gasteiger partial charge is 0.352 e. The van der Waals surface area contributed by atoms with Crippen LogP contribution >= 0.6 is 0 Å². The Morgan fingerprint density at radius 2 is 2.00 bits per heavy atom. The van der Waals surface area contributed by atoms with Gasteiger partial charge in [-0.1, -0.05) is 6.42 Å². The highest BCUT2D eigenvalue weighted by Gasteiger charge is 2.27. The van der Waals surface area contributed by atoms with Crippen LogP contribution in [0.25, 0.3) is 0 Å². The van der Waals surface area contributed by atoms with E-state index in [-0.39, 0.29) is 0 Å². The van der Waals surface area contributed by atoms with Gasteiger partial charge in [-0.15, -0.1) is 0 Å². The molecular formula is C16H22N4. The Kier molecular flexibility index (Phi) is 4.17. The molecule has 1 atom stereocenters. The molecule has 4 nitrogen and oxygen atoms in total. The molecule has 2 aliphatic heterocycles. The van der Waals surface area contributed by atoms with E-state index >= 15 is 0 Å². The molecule has 0 aromatic carbocycles. The van der Waals surface area contributed by atoms with Gasteiger partial charge >= 0.3 is 0 Å². The molecule has 2 fully saturated rings. The van der Waals surface area contributed by atoms with E-state index < -0.39 is 0 Å². The molecule has 0 spiro atoms. The lowest BCUT2D eigenvalue weighted by Crippen LogP contribution is -2.42. The average molecular weight is 270 g/mol. The summed E-state index contributed by atoms with van der Waals surface area (Å²) in [6, 6.07) is 6.59. The molecule has 0 saturated carbocycles. The summed E-state index contributed by atoms with van der Waals surface area (Å²) in [5.41, 5.74) is 0.639. The molecule has 2 saturated heterocycles. The third-order valence-corrected chi connectivity index (χ3v) is 4.47. The summed E-state index contributed by atoms with van der Waals surface area (Å²) in [5, 5.41) is 8.85. The van der Waals surface area contributed by atoms with Crippen LogP contribution in [0.4, 0.5) is 5.82 Å². The SMILES string of the molecule is N#Cc1ccc(N2CCCC2CN2CCCCC2)nc1. The number of rotatable bonds is 3. The second-order valence-electron chi connectivity index (χ2n) is 5.87. The van der Waals surface area contributed by atoms with Crippen molar-refractivity contribution >= 4 is 5.82 Å². The number of hydrogen-bond acceptors (Lipinski definition) is 4. The Labute approximate surface area is 121 Å². The van der Waals surface area contributed by atoms with Gasteiger partial charge < -0.3 is 9.80 Å². The van der Waals surface area contributed by atoms with E-state index in [0.29, 0.717) is 11.6 Å². The van der Waals surface area contributed by atoms with Crippen molar-refractivity contribution in [3.8, 4) is 6.07 Å². The molecule has 2 aliphatic rings. The van der Waals surface area contributed by atoms with Crippen molar-refractivity contribution in [1.82, 2.24) is 9.88 Å². The summed E-state index contributed by atoms with van der Waals surface area (Å²) in [6.07, 6.45) is 8.29. The van der Waals surface area contributed by atoms with Gasteiger partial charge in [0.1, 0.15) is 11.9 Å². The maximum absolute atomic E-state index is 8.85. The summed E-state index contributed by atoms with van der Waals surface area (Å²) in [7, 11) is 0. The van der Waals surface area contributed by atoms with E-state index in [9.17, 15) is 0 Å². The van der Waals surface area contributed by atoms with Gasteiger partial charge in [-0.3, -0.25) is 0 Å². The van der Waals surface area contributed by atoms with Crippen LogP contribution in [-0.4, -0.2) is 42.1 Å². The molecule has 0 amide bonds. The van der Waals surface area contributed by atoms with Gasteiger partial charge in [-0.25, -0.2) is 4.98 Å². The first-order valence-corrected chi connectivity index (χ1v) is 7.72. The Balaban J connectivity index is 1.66. The van der Waals surface area contributed by atoms with E-state index in [1.54, 1.807) is 6.20 Å². The fourth-order valence-electron chi connectivity index (χ4n) is 3.39. The zero-order valence-corrected chi connectivity index (χ0v) is 12.0. The van der Waals surface area contributed by atoms with E-state index in [1.807, 2.05) is 12.1 Å². The topological polar surface area (TPSA) is 43.2 Å². The zero-order chi connectivity index (χ0) is 13.8. The van der Waals surface area contributed by atoms with Crippen molar-refractivity contribution < 1.29 is 0 Å². The van der Waals surface area contributed by atoms with Gasteiger partial charge in [-0.2, -0.15) is 5.26 Å². The predicted molar refractivity (Wildman–Crippen MR) is 79.6 cm³/mol. The highest BCUT2D eigenvalue weighted by molar-refractivity contribution is 5.44. The first-order valence-electron chi connectivity index (χ1n) is 7.72. The van der Waals surface area contributed by atoms with Gasteiger partial charge in [0, 0.05) is 25.3 Å². The molecule has 0 radical (unpaired) electrons. The molecule has 20 heavy (non-hydrogen) atoms. The quantitative estimate of drug-likeness (QED) is 0.846. The number of pyridine rings is 1. The van der Waals surface area contributed by atoms with Crippen molar-refractivity contribution in [3.05, 3.63) is 23.9 Å². The number of likely N-dealkylation sites (tertiary alicyclic amines) is 1. The molecule has 0 aliphatic carbocycles. The van der Waals surface area contributed by atoms with Crippen LogP contribution in [-0.2, 0) is 0 Å². The minimum Gasteiger partial charge on any atom is -0.352 e. The average Bonchev–Trinajstić information content (AvgIpc) is 2.96. The summed E-state index contributed by atoms with van der Waals surface area (Å²) < 4.78 is 0. The van der Waals surface area contributed by atoms with Crippen molar-refractivity contribution in [2.45, 2.75) is 38.1 Å². The summed E-state index contributed by atoms with van der Waals surface area (Å²) in [4.78, 5) is 9.49. The Bertz CT molecular complexity index is 470. The molecule has 3 rings (SSSR count). The minimum atomic E-state index is 0.591. The van der Waals surface area contributed by atoms with Gasteiger partial charge in [0.25, 0.3) is 0 Å². The van der Waals surface area contributed by atoms with E-state index in [0.717, 1.165) is 12.4 Å². The monoisotopic (exact) mass is 270 g/mol. The number of anilines is 1. The van der Waals surface area contributed by atoms with Crippen LogP contribution in [0.15, 0.2) is 18.3 Å². The fourth-order valence-corrected chi connectivity index (χ4v) is 3.39. The maximum Gasteiger partial charge on any atom is 0.128 e. The lowest BCUT2D eigenvalue weighted by atomic mass is 10.1. The van der Waals surface area contributed by atoms with E-state index in [4.69, 9.17) is 5.26 Å². The highest BCUT2D eigenvalue weighted by Crippen LogP contribution is 2.25. The second kappa shape index (κ2) is 6.23. The predicted octanol–water partition coefficient (Wildman–Crippen LogP) is 2.41. The molecule has 4 heteroatoms. The van der Waals surface area contributed by atoms with Crippen molar-refractivity contribution in [2.24, 2.45) is 0 Å². The fraction of sp³-hybridized carbons (Fsp3) is 0.625. The Morgan fingerprint density at radius 3 is 2.70 bits per heavy atom. The first kappa shape index (κ1) is 13.4. The van der Waals surface area contributed by atoms with Crippen LogP contribution < -0.4 is 4.90 Å². The van der Waals surface area contributed by atoms with Crippen LogP contribution in [0, 0.1) is 11.3 Å². The summed E-state index contributed by atoms with van der Waals surface area (Å²) in [6.45, 7) is 4.77. The number of nitriles is 1. The number of piperidine rings is 1. The van der Waals surface area contributed by atoms with Crippen LogP contribution in [0.3, 0.4) is 0 Å². The normalized spacial score (nSPS) is 23.8. The van der Waals surface area contributed by atoms with Crippen LogP contribution in [0.2, 0.25) is 0 Å². The molecule has 0 N–H and O–H groups in total. The molecule has 106 valence electrons. The van der Waals surface area contributed by atoms with Crippen molar-refractivity contribution in [2.75, 3.05) is 31.1 Å². The molecule has 1 aromatic heterocycles. The molecule has 3 heterocycles. The van der Waals surface area contributed by atoms with Gasteiger partial charge in [-0.05, 0) is 50.9 Å². The third kappa shape index (κ3) is 2.94. The molecule has 1 aromatic rings. The summed E-state index contributed by atoms with van der Waals surface area (Å²) >= 11 is 0. The Morgan fingerprint density at radius 1 is 1.15 bits per heavy atom. The first-order chi connectivity index (χ1) is 9.86. The molecule has 1 unspecified atom stereocenters. The lowest BCUT2D eigenvalue weighted by molar-refractivity contribution is 0.216. The van der Waals surface area contributed by atoms with Crippen LogP contribution in [0.5, 0.6) is 0 Å². The smallest absolute Gasteiger partial charge is 0.128 e. The molecular weight excluding hydrogens is 248 g/mol.